The van der Waals surface area contributed by atoms with E-state index in [0.29, 0.717) is 13.0 Å². The van der Waals surface area contributed by atoms with Gasteiger partial charge < -0.3 is 10.2 Å². The Morgan fingerprint density at radius 1 is 1.20 bits per heavy atom. The number of halogens is 1. The highest BCUT2D eigenvalue weighted by Gasteiger charge is 2.22. The number of hydrogen-bond donors (Lipinski definition) is 2. The van der Waals surface area contributed by atoms with E-state index in [-0.39, 0.29) is 30.3 Å². The first kappa shape index (κ1) is 17.6. The summed E-state index contributed by atoms with van der Waals surface area (Å²) in [5, 5.41) is 5.97. The van der Waals surface area contributed by atoms with Crippen molar-refractivity contribution in [2.24, 2.45) is 0 Å². The first-order valence-electron chi connectivity index (χ1n) is 7.14. The molecule has 2 rings (SSSR count). The van der Waals surface area contributed by atoms with Crippen LogP contribution in [0.2, 0.25) is 0 Å². The summed E-state index contributed by atoms with van der Waals surface area (Å²) in [7, 11) is 0. The molecular formula is C13H24ClN3O2S. The van der Waals surface area contributed by atoms with Crippen molar-refractivity contribution < 1.29 is 9.59 Å². The minimum Gasteiger partial charge on any atom is -0.354 e. The Morgan fingerprint density at radius 2 is 1.90 bits per heavy atom. The molecule has 2 fully saturated rings. The lowest BCUT2D eigenvalue weighted by atomic mass is 10.2. The molecule has 2 N–H and O–H groups in total. The Balaban J connectivity index is 0.00000200. The molecule has 0 aliphatic carbocycles. The maximum absolute atomic E-state index is 12.0. The zero-order chi connectivity index (χ0) is 13.5. The van der Waals surface area contributed by atoms with Gasteiger partial charge in [-0.3, -0.25) is 14.9 Å². The molecule has 2 aliphatic rings. The molecule has 2 saturated heterocycles. The average Bonchev–Trinajstić information content (AvgIpc) is 2.81. The standard InChI is InChI=1S/C13H23N3O2S.ClH/c17-12(16-7-3-1-2-4-8-16)5-6-14-13(18)11-9-19-10-15-11;/h11,15H,1-10H2,(H,14,18);1H. The SMILES string of the molecule is Cl.O=C(NCCC(=O)N1CCCCCC1)C1CSCN1. The van der Waals surface area contributed by atoms with Gasteiger partial charge in [-0.05, 0) is 12.8 Å². The highest BCUT2D eigenvalue weighted by molar-refractivity contribution is 7.99. The van der Waals surface area contributed by atoms with Crippen molar-refractivity contribution in [3.63, 3.8) is 0 Å². The van der Waals surface area contributed by atoms with Crippen molar-refractivity contribution in [3.05, 3.63) is 0 Å². The highest BCUT2D eigenvalue weighted by Crippen LogP contribution is 2.11. The molecule has 0 bridgehead atoms. The van der Waals surface area contributed by atoms with Crippen LogP contribution in [0.25, 0.3) is 0 Å². The lowest BCUT2D eigenvalue weighted by molar-refractivity contribution is -0.131. The smallest absolute Gasteiger partial charge is 0.238 e. The second kappa shape index (κ2) is 9.47. The predicted molar refractivity (Wildman–Crippen MR) is 84.2 cm³/mol. The van der Waals surface area contributed by atoms with E-state index in [4.69, 9.17) is 0 Å². The van der Waals surface area contributed by atoms with Gasteiger partial charge in [-0.25, -0.2) is 0 Å². The fourth-order valence-electron chi connectivity index (χ4n) is 2.46. The summed E-state index contributed by atoms with van der Waals surface area (Å²) in [5.74, 6) is 1.86. The van der Waals surface area contributed by atoms with E-state index in [1.807, 2.05) is 4.90 Å². The second-order valence-corrected chi connectivity index (χ2v) is 6.14. The molecule has 0 aromatic heterocycles. The Hall–Kier alpha value is -0.460. The van der Waals surface area contributed by atoms with Gasteiger partial charge in [-0.2, -0.15) is 0 Å². The van der Waals surface area contributed by atoms with Crippen molar-refractivity contribution in [2.45, 2.75) is 38.1 Å². The van der Waals surface area contributed by atoms with Crippen LogP contribution in [0.1, 0.15) is 32.1 Å². The van der Waals surface area contributed by atoms with Crippen LogP contribution < -0.4 is 10.6 Å². The van der Waals surface area contributed by atoms with Crippen molar-refractivity contribution in [1.82, 2.24) is 15.5 Å². The van der Waals surface area contributed by atoms with E-state index >= 15 is 0 Å². The zero-order valence-electron chi connectivity index (χ0n) is 11.7. The average molecular weight is 322 g/mol. The van der Waals surface area contributed by atoms with Crippen LogP contribution in [0, 0.1) is 0 Å². The molecule has 7 heteroatoms. The molecule has 2 amide bonds. The molecule has 0 aromatic carbocycles. The molecular weight excluding hydrogens is 298 g/mol. The van der Waals surface area contributed by atoms with Crippen LogP contribution in [-0.4, -0.2) is 54.0 Å². The molecule has 116 valence electrons. The van der Waals surface area contributed by atoms with Crippen LogP contribution in [0.5, 0.6) is 0 Å². The number of nitrogens with one attached hydrogen (secondary N) is 2. The molecule has 5 nitrogen and oxygen atoms in total. The number of nitrogens with zero attached hydrogens (tertiary/aromatic N) is 1. The molecule has 0 saturated carbocycles. The summed E-state index contributed by atoms with van der Waals surface area (Å²) < 4.78 is 0. The molecule has 2 aliphatic heterocycles. The fourth-order valence-corrected chi connectivity index (χ4v) is 3.40. The first-order chi connectivity index (χ1) is 9.27. The molecule has 0 aromatic rings. The summed E-state index contributed by atoms with van der Waals surface area (Å²) in [4.78, 5) is 25.7. The number of likely N-dealkylation sites (tertiary alicyclic amines) is 1. The van der Waals surface area contributed by atoms with E-state index in [0.717, 1.165) is 37.6 Å². The first-order valence-corrected chi connectivity index (χ1v) is 8.29. The summed E-state index contributed by atoms with van der Waals surface area (Å²) in [5.41, 5.74) is 0. The number of thioether (sulfide) groups is 1. The number of carbonyl (C=O) groups excluding carboxylic acids is 2. The summed E-state index contributed by atoms with van der Waals surface area (Å²) in [6, 6.07) is -0.0849. The third-order valence-electron chi connectivity index (χ3n) is 3.63. The zero-order valence-corrected chi connectivity index (χ0v) is 13.4. The van der Waals surface area contributed by atoms with Crippen LogP contribution in [0.3, 0.4) is 0 Å². The van der Waals surface area contributed by atoms with Gasteiger partial charge >= 0.3 is 0 Å². The minimum absolute atomic E-state index is 0. The normalized spacial score (nSPS) is 22.8. The van der Waals surface area contributed by atoms with Crippen LogP contribution in [0.4, 0.5) is 0 Å². The van der Waals surface area contributed by atoms with Gasteiger partial charge in [0, 0.05) is 37.7 Å². The predicted octanol–water partition coefficient (Wildman–Crippen LogP) is 0.980. The van der Waals surface area contributed by atoms with E-state index in [1.165, 1.54) is 12.8 Å². The van der Waals surface area contributed by atoms with Crippen LogP contribution in [0.15, 0.2) is 0 Å². The lowest BCUT2D eigenvalue weighted by Crippen LogP contribution is -2.43. The van der Waals surface area contributed by atoms with E-state index < -0.39 is 0 Å². The Morgan fingerprint density at radius 3 is 2.50 bits per heavy atom. The summed E-state index contributed by atoms with van der Waals surface area (Å²) in [6.45, 7) is 2.22. The molecule has 2 heterocycles. The van der Waals surface area contributed by atoms with Gasteiger partial charge in [0.25, 0.3) is 0 Å². The van der Waals surface area contributed by atoms with Crippen molar-refractivity contribution in [1.29, 1.82) is 0 Å². The van der Waals surface area contributed by atoms with Gasteiger partial charge in [0.1, 0.15) is 0 Å². The Bertz CT molecular complexity index is 317. The van der Waals surface area contributed by atoms with Crippen molar-refractivity contribution in [3.8, 4) is 0 Å². The van der Waals surface area contributed by atoms with E-state index in [2.05, 4.69) is 10.6 Å². The monoisotopic (exact) mass is 321 g/mol. The third-order valence-corrected chi connectivity index (χ3v) is 4.57. The van der Waals surface area contributed by atoms with Crippen molar-refractivity contribution >= 4 is 36.0 Å². The maximum atomic E-state index is 12.0. The maximum Gasteiger partial charge on any atom is 0.238 e. The third kappa shape index (κ3) is 5.50. The van der Waals surface area contributed by atoms with Gasteiger partial charge in [0.05, 0.1) is 6.04 Å². The number of amides is 2. The molecule has 1 unspecified atom stereocenters. The van der Waals surface area contributed by atoms with Crippen LogP contribution in [-0.2, 0) is 9.59 Å². The van der Waals surface area contributed by atoms with E-state index in [1.54, 1.807) is 11.8 Å². The lowest BCUT2D eigenvalue weighted by Gasteiger charge is -2.20. The second-order valence-electron chi connectivity index (χ2n) is 5.11. The Labute approximate surface area is 131 Å². The number of hydrogen-bond acceptors (Lipinski definition) is 4. The van der Waals surface area contributed by atoms with Gasteiger partial charge in [-0.15, -0.1) is 24.2 Å². The van der Waals surface area contributed by atoms with Crippen LogP contribution >= 0.6 is 24.2 Å². The highest BCUT2D eigenvalue weighted by atomic mass is 35.5. The van der Waals surface area contributed by atoms with Gasteiger partial charge in [0.2, 0.25) is 11.8 Å². The topological polar surface area (TPSA) is 61.4 Å². The van der Waals surface area contributed by atoms with Crippen molar-refractivity contribution in [2.75, 3.05) is 31.3 Å². The largest absolute Gasteiger partial charge is 0.354 e. The van der Waals surface area contributed by atoms with Gasteiger partial charge in [-0.1, -0.05) is 12.8 Å². The molecule has 0 radical (unpaired) electrons. The quantitative estimate of drug-likeness (QED) is 0.810. The summed E-state index contributed by atoms with van der Waals surface area (Å²) >= 11 is 1.73. The molecule has 20 heavy (non-hydrogen) atoms. The van der Waals surface area contributed by atoms with E-state index in [9.17, 15) is 9.59 Å². The number of rotatable bonds is 4. The Kier molecular flexibility index (Phi) is 8.33. The number of carbonyl (C=O) groups is 2. The fraction of sp³-hybridized carbons (Fsp3) is 0.846. The summed E-state index contributed by atoms with van der Waals surface area (Å²) in [6.07, 6.45) is 5.10. The van der Waals surface area contributed by atoms with Gasteiger partial charge in [0.15, 0.2) is 0 Å². The molecule has 1 atom stereocenters. The molecule has 0 spiro atoms. The minimum atomic E-state index is -0.0849.